The molecule has 2 aromatic heterocycles. The van der Waals surface area contributed by atoms with Crippen LogP contribution in [0.15, 0.2) is 41.3 Å². The lowest BCUT2D eigenvalue weighted by Crippen LogP contribution is -2.37. The maximum Gasteiger partial charge on any atom is 0.354 e. The molecular formula is C25H34N8O. The molecule has 0 saturated carbocycles. The van der Waals surface area contributed by atoms with E-state index in [4.69, 9.17) is 11.1 Å². The topological polar surface area (TPSA) is 137 Å². The van der Waals surface area contributed by atoms with Crippen molar-refractivity contribution in [1.82, 2.24) is 30.5 Å². The van der Waals surface area contributed by atoms with Crippen molar-refractivity contribution in [2.75, 3.05) is 19.6 Å². The Kier molecular flexibility index (Phi) is 6.64. The van der Waals surface area contributed by atoms with Gasteiger partial charge in [0.15, 0.2) is 5.96 Å². The maximum absolute atomic E-state index is 12.8. The summed E-state index contributed by atoms with van der Waals surface area (Å²) in [6.07, 6.45) is 8.53. The Bertz CT molecular complexity index is 1190. The van der Waals surface area contributed by atoms with Crippen molar-refractivity contribution in [3.05, 3.63) is 58.3 Å². The first-order valence-electron chi connectivity index (χ1n) is 12.3. The van der Waals surface area contributed by atoms with Crippen LogP contribution in [0.3, 0.4) is 0 Å². The minimum Gasteiger partial charge on any atom is -0.370 e. The van der Waals surface area contributed by atoms with Crippen molar-refractivity contribution >= 4 is 17.0 Å². The van der Waals surface area contributed by atoms with Crippen molar-refractivity contribution < 1.29 is 0 Å². The highest BCUT2D eigenvalue weighted by Gasteiger charge is 2.21. The van der Waals surface area contributed by atoms with Crippen LogP contribution in [-0.2, 0) is 0 Å². The zero-order valence-electron chi connectivity index (χ0n) is 19.4. The molecule has 2 aliphatic rings. The number of benzene rings is 1. The molecule has 2 fully saturated rings. The van der Waals surface area contributed by atoms with Crippen LogP contribution in [0, 0.1) is 5.41 Å². The van der Waals surface area contributed by atoms with Crippen LogP contribution >= 0.6 is 0 Å². The molecule has 0 radical (unpaired) electrons. The summed E-state index contributed by atoms with van der Waals surface area (Å²) in [6.45, 7) is 2.69. The van der Waals surface area contributed by atoms with Gasteiger partial charge in [-0.05, 0) is 56.0 Å². The molecule has 180 valence electrons. The highest BCUT2D eigenvalue weighted by molar-refractivity contribution is 5.76. The van der Waals surface area contributed by atoms with Gasteiger partial charge in [0.05, 0.1) is 5.69 Å². The predicted octanol–water partition coefficient (Wildman–Crippen LogP) is 2.24. The van der Waals surface area contributed by atoms with Crippen molar-refractivity contribution in [2.24, 2.45) is 5.73 Å². The van der Waals surface area contributed by atoms with E-state index in [0.29, 0.717) is 24.2 Å². The summed E-state index contributed by atoms with van der Waals surface area (Å²) < 4.78 is 1.63. The molecule has 3 atom stereocenters. The fourth-order valence-electron chi connectivity index (χ4n) is 5.27. The van der Waals surface area contributed by atoms with Gasteiger partial charge in [0.25, 0.3) is 0 Å². The lowest BCUT2D eigenvalue weighted by Gasteiger charge is -2.23. The first kappa shape index (κ1) is 22.6. The smallest absolute Gasteiger partial charge is 0.354 e. The highest BCUT2D eigenvalue weighted by atomic mass is 16.1. The third kappa shape index (κ3) is 5.00. The number of nitrogens with two attached hydrogens (primary N) is 1. The number of hydrogen-bond donors (Lipinski definition) is 6. The van der Waals surface area contributed by atoms with Crippen LogP contribution in [0.25, 0.3) is 16.7 Å². The Hall–Kier alpha value is -3.17. The third-order valence-electron chi connectivity index (χ3n) is 7.14. The first-order chi connectivity index (χ1) is 16.6. The Morgan fingerprint density at radius 3 is 2.79 bits per heavy atom. The van der Waals surface area contributed by atoms with Gasteiger partial charge in [-0.1, -0.05) is 25.0 Å². The Morgan fingerprint density at radius 1 is 1.21 bits per heavy atom. The van der Waals surface area contributed by atoms with E-state index in [1.165, 1.54) is 18.4 Å². The largest absolute Gasteiger partial charge is 0.370 e. The van der Waals surface area contributed by atoms with E-state index >= 15 is 0 Å². The molecular weight excluding hydrogens is 428 g/mol. The lowest BCUT2D eigenvalue weighted by molar-refractivity contribution is 0.417. The van der Waals surface area contributed by atoms with Gasteiger partial charge in [0.2, 0.25) is 0 Å². The van der Waals surface area contributed by atoms with Crippen molar-refractivity contribution in [3.63, 3.8) is 0 Å². The monoisotopic (exact) mass is 462 g/mol. The Balaban J connectivity index is 1.32. The fraction of sp³-hybridized carbons (Fsp3) is 0.480. The van der Waals surface area contributed by atoms with Crippen LogP contribution in [0.2, 0.25) is 0 Å². The van der Waals surface area contributed by atoms with Crippen LogP contribution in [-0.4, -0.2) is 46.2 Å². The number of rotatable bonds is 6. The van der Waals surface area contributed by atoms with Crippen LogP contribution in [0.5, 0.6) is 0 Å². The molecule has 9 nitrogen and oxygen atoms in total. The summed E-state index contributed by atoms with van der Waals surface area (Å²) in [5, 5.41) is 18.4. The quantitative estimate of drug-likeness (QED) is 0.246. The molecule has 1 unspecified atom stereocenters. The number of aromatic amines is 1. The second-order valence-electron chi connectivity index (χ2n) is 9.53. The van der Waals surface area contributed by atoms with E-state index in [1.54, 1.807) is 4.57 Å². The summed E-state index contributed by atoms with van der Waals surface area (Å²) in [5.41, 5.74) is 9.00. The standard InChI is InChI=1S/C25H34N8O/c26-24(27)29-12-10-19-3-1-2-4-21(30-19)16-5-7-20(8-6-16)33-15-18-13-22(17-9-11-28-14-17)31-23(18)32-25(33)34/h5-8,13,15,17,19,21,28,30H,1-4,9-12,14H2,(H4,26,27,29)(H,31,32,34)/t17?,19-,21-/m0/s1. The van der Waals surface area contributed by atoms with E-state index in [0.717, 1.165) is 55.5 Å². The molecule has 0 amide bonds. The third-order valence-corrected chi connectivity index (χ3v) is 7.14. The average molecular weight is 463 g/mol. The van der Waals surface area contributed by atoms with E-state index in [9.17, 15) is 4.79 Å². The molecule has 34 heavy (non-hydrogen) atoms. The number of nitrogens with one attached hydrogen (secondary N) is 5. The molecule has 1 aromatic carbocycles. The molecule has 2 saturated heterocycles. The fourth-order valence-corrected chi connectivity index (χ4v) is 5.27. The first-order valence-corrected chi connectivity index (χ1v) is 12.3. The molecule has 0 spiro atoms. The molecule has 3 aromatic rings. The molecule has 0 aliphatic carbocycles. The van der Waals surface area contributed by atoms with Gasteiger partial charge >= 0.3 is 5.69 Å². The van der Waals surface area contributed by atoms with Gasteiger partial charge in [0.1, 0.15) is 5.65 Å². The maximum atomic E-state index is 12.8. The number of H-pyrrole nitrogens is 1. The highest BCUT2D eigenvalue weighted by Crippen LogP contribution is 2.27. The SMILES string of the molecule is N=C(N)NCC[C@@H]1CCCC[C@@H](c2ccc(-n3cc4cc(C5CCNC5)[nH]c4nc3=O)cc2)N1. The number of guanidine groups is 1. The second-order valence-corrected chi connectivity index (χ2v) is 9.53. The zero-order chi connectivity index (χ0) is 23.5. The molecule has 9 heteroatoms. The molecule has 5 rings (SSSR count). The van der Waals surface area contributed by atoms with Gasteiger partial charge < -0.3 is 26.7 Å². The molecule has 7 N–H and O–H groups in total. The molecule has 4 heterocycles. The number of hydrogen-bond acceptors (Lipinski definition) is 5. The normalized spacial score (nSPS) is 23.1. The average Bonchev–Trinajstić information content (AvgIpc) is 3.44. The van der Waals surface area contributed by atoms with E-state index in [2.05, 4.69) is 44.1 Å². The summed E-state index contributed by atoms with van der Waals surface area (Å²) in [6, 6.07) is 11.1. The van der Waals surface area contributed by atoms with Gasteiger partial charge in [-0.3, -0.25) is 9.98 Å². The molecule has 2 aliphatic heterocycles. The Labute approximate surface area is 199 Å². The second kappa shape index (κ2) is 9.99. The Morgan fingerprint density at radius 2 is 2.03 bits per heavy atom. The number of aromatic nitrogens is 3. The van der Waals surface area contributed by atoms with E-state index in [1.807, 2.05) is 18.3 Å². The summed E-state index contributed by atoms with van der Waals surface area (Å²) >= 11 is 0. The van der Waals surface area contributed by atoms with Gasteiger partial charge in [0, 0.05) is 48.4 Å². The number of fused-ring (bicyclic) bond motifs is 1. The number of nitrogens with zero attached hydrogens (tertiary/aromatic N) is 2. The molecule has 0 bridgehead atoms. The van der Waals surface area contributed by atoms with Crippen molar-refractivity contribution in [2.45, 2.75) is 56.5 Å². The summed E-state index contributed by atoms with van der Waals surface area (Å²) in [7, 11) is 0. The van der Waals surface area contributed by atoms with Gasteiger partial charge in [-0.15, -0.1) is 0 Å². The van der Waals surface area contributed by atoms with Crippen LogP contribution in [0.4, 0.5) is 0 Å². The van der Waals surface area contributed by atoms with Crippen LogP contribution < -0.4 is 27.4 Å². The van der Waals surface area contributed by atoms with Crippen molar-refractivity contribution in [3.8, 4) is 5.69 Å². The van der Waals surface area contributed by atoms with E-state index < -0.39 is 0 Å². The summed E-state index contributed by atoms with van der Waals surface area (Å²) in [4.78, 5) is 20.4. The van der Waals surface area contributed by atoms with Crippen LogP contribution in [0.1, 0.15) is 61.7 Å². The minimum atomic E-state index is -0.274. The zero-order valence-corrected chi connectivity index (χ0v) is 19.4. The minimum absolute atomic E-state index is 0.0232. The van der Waals surface area contributed by atoms with E-state index in [-0.39, 0.29) is 17.7 Å². The van der Waals surface area contributed by atoms with Gasteiger partial charge in [-0.25, -0.2) is 4.79 Å². The van der Waals surface area contributed by atoms with Crippen molar-refractivity contribution in [1.29, 1.82) is 5.41 Å². The van der Waals surface area contributed by atoms with Gasteiger partial charge in [-0.2, -0.15) is 4.98 Å². The summed E-state index contributed by atoms with van der Waals surface area (Å²) in [5.74, 6) is 0.473. The lowest BCUT2D eigenvalue weighted by atomic mass is 10.0. The predicted molar refractivity (Wildman–Crippen MR) is 135 cm³/mol.